The van der Waals surface area contributed by atoms with Crippen LogP contribution in [-0.2, 0) is 16.1 Å². The van der Waals surface area contributed by atoms with Gasteiger partial charge in [-0.1, -0.05) is 54.6 Å². The number of aromatic nitrogens is 1. The number of hydrogen-bond acceptors (Lipinski definition) is 2. The summed E-state index contributed by atoms with van der Waals surface area (Å²) in [5.41, 5.74) is 6.38. The first-order valence-electron chi connectivity index (χ1n) is 10.3. The Morgan fingerprint density at radius 3 is 2.38 bits per heavy atom. The summed E-state index contributed by atoms with van der Waals surface area (Å²) < 4.78 is 16.3. The second-order valence-electron chi connectivity index (χ2n) is 7.67. The van der Waals surface area contributed by atoms with Gasteiger partial charge in [-0.05, 0) is 37.3 Å². The van der Waals surface area contributed by atoms with E-state index < -0.39 is 11.8 Å². The molecule has 1 aliphatic rings. The van der Waals surface area contributed by atoms with Gasteiger partial charge in [0.25, 0.3) is 11.8 Å². The van der Waals surface area contributed by atoms with Gasteiger partial charge in [0, 0.05) is 27.7 Å². The molecule has 0 unspecified atom stereocenters. The molecule has 0 radical (unpaired) electrons. The molecule has 1 aromatic heterocycles. The third-order valence-corrected chi connectivity index (χ3v) is 5.76. The van der Waals surface area contributed by atoms with Gasteiger partial charge in [0.1, 0.15) is 11.4 Å². The quantitative estimate of drug-likeness (QED) is 0.384. The largest absolute Gasteiger partial charge is 0.340 e. The molecule has 0 bridgehead atoms. The van der Waals surface area contributed by atoms with Crippen LogP contribution in [0.25, 0.3) is 17.0 Å². The van der Waals surface area contributed by atoms with E-state index in [4.69, 9.17) is 0 Å². The van der Waals surface area contributed by atoms with E-state index in [1.54, 1.807) is 42.5 Å². The standard InChI is InChI=1S/C26H20FN3O2/c1-17-21(15-22-25(31)28-30(26(22)32)19-10-3-2-4-11-19)20-12-6-8-14-24(20)29(17)16-18-9-5-7-13-23(18)27/h2-15H,16H2,1H3,(H,28,31)/b22-15-. The van der Waals surface area contributed by atoms with Crippen LogP contribution >= 0.6 is 0 Å². The van der Waals surface area contributed by atoms with Gasteiger partial charge >= 0.3 is 0 Å². The van der Waals surface area contributed by atoms with E-state index in [9.17, 15) is 14.0 Å². The van der Waals surface area contributed by atoms with Gasteiger partial charge in [0.05, 0.1) is 12.2 Å². The Morgan fingerprint density at radius 1 is 0.906 bits per heavy atom. The Bertz CT molecular complexity index is 1390. The third-order valence-electron chi connectivity index (χ3n) is 5.76. The SMILES string of the molecule is Cc1c(/C=C2/C(=O)NN(c3ccccc3)C2=O)c2ccccc2n1Cc1ccccc1F. The Hall–Kier alpha value is -4.19. The van der Waals surface area contributed by atoms with Crippen LogP contribution in [0.4, 0.5) is 10.1 Å². The minimum atomic E-state index is -0.454. The van der Waals surface area contributed by atoms with Crippen molar-refractivity contribution in [3.63, 3.8) is 0 Å². The number of para-hydroxylation sites is 2. The highest BCUT2D eigenvalue weighted by atomic mass is 19.1. The summed E-state index contributed by atoms with van der Waals surface area (Å²) in [5, 5.41) is 2.15. The molecule has 1 N–H and O–H groups in total. The number of rotatable bonds is 4. The Balaban J connectivity index is 1.60. The number of amides is 2. The average Bonchev–Trinajstić information content (AvgIpc) is 3.24. The molecule has 1 saturated heterocycles. The Labute approximate surface area is 184 Å². The maximum atomic E-state index is 14.3. The number of hydrogen-bond donors (Lipinski definition) is 1. The molecule has 0 aliphatic carbocycles. The molecule has 0 atom stereocenters. The minimum absolute atomic E-state index is 0.0609. The summed E-state index contributed by atoms with van der Waals surface area (Å²) in [5.74, 6) is -1.14. The lowest BCUT2D eigenvalue weighted by atomic mass is 10.1. The minimum Gasteiger partial charge on any atom is -0.340 e. The zero-order valence-electron chi connectivity index (χ0n) is 17.4. The van der Waals surface area contributed by atoms with Crippen LogP contribution in [0.15, 0.2) is 84.4 Å². The highest BCUT2D eigenvalue weighted by molar-refractivity contribution is 6.32. The molecular weight excluding hydrogens is 405 g/mol. The zero-order chi connectivity index (χ0) is 22.2. The molecule has 158 valence electrons. The van der Waals surface area contributed by atoms with Crippen molar-refractivity contribution in [1.29, 1.82) is 0 Å². The fourth-order valence-electron chi connectivity index (χ4n) is 4.10. The molecule has 0 saturated carbocycles. The zero-order valence-corrected chi connectivity index (χ0v) is 17.4. The summed E-state index contributed by atoms with van der Waals surface area (Å²) in [7, 11) is 0. The molecule has 2 amide bonds. The van der Waals surface area contributed by atoms with Gasteiger partial charge in [-0.2, -0.15) is 0 Å². The summed E-state index contributed by atoms with van der Waals surface area (Å²) in [6.07, 6.45) is 1.64. The van der Waals surface area contributed by atoms with Crippen molar-refractivity contribution >= 4 is 34.5 Å². The smallest absolute Gasteiger partial charge is 0.282 e. The fourth-order valence-corrected chi connectivity index (χ4v) is 4.10. The topological polar surface area (TPSA) is 54.3 Å². The van der Waals surface area contributed by atoms with Gasteiger partial charge < -0.3 is 4.57 Å². The van der Waals surface area contributed by atoms with Gasteiger partial charge in [-0.25, -0.2) is 9.40 Å². The highest BCUT2D eigenvalue weighted by Gasteiger charge is 2.34. The lowest BCUT2D eigenvalue weighted by Crippen LogP contribution is -2.35. The second-order valence-corrected chi connectivity index (χ2v) is 7.67. The third kappa shape index (κ3) is 3.26. The van der Waals surface area contributed by atoms with Crippen molar-refractivity contribution < 1.29 is 14.0 Å². The number of fused-ring (bicyclic) bond motifs is 1. The van der Waals surface area contributed by atoms with E-state index in [2.05, 4.69) is 5.43 Å². The Kier molecular flexibility index (Phi) is 4.82. The van der Waals surface area contributed by atoms with E-state index in [-0.39, 0.29) is 11.4 Å². The molecule has 5 nitrogen and oxygen atoms in total. The van der Waals surface area contributed by atoms with E-state index in [0.29, 0.717) is 17.8 Å². The molecular formula is C26H20FN3O2. The maximum Gasteiger partial charge on any atom is 0.282 e. The van der Waals surface area contributed by atoms with Crippen LogP contribution in [0, 0.1) is 12.7 Å². The Morgan fingerprint density at radius 2 is 1.59 bits per heavy atom. The molecule has 0 spiro atoms. The lowest BCUT2D eigenvalue weighted by molar-refractivity contribution is -0.117. The van der Waals surface area contributed by atoms with Crippen molar-refractivity contribution in [2.24, 2.45) is 0 Å². The molecule has 1 fully saturated rings. The lowest BCUT2D eigenvalue weighted by Gasteiger charge is -2.13. The normalized spacial score (nSPS) is 15.1. The molecule has 6 heteroatoms. The fraction of sp³-hybridized carbons (Fsp3) is 0.0769. The first-order valence-corrected chi connectivity index (χ1v) is 10.3. The van der Waals surface area contributed by atoms with E-state index in [0.717, 1.165) is 22.2 Å². The van der Waals surface area contributed by atoms with Crippen molar-refractivity contribution in [3.8, 4) is 0 Å². The number of anilines is 1. The van der Waals surface area contributed by atoms with Crippen molar-refractivity contribution in [2.75, 3.05) is 5.01 Å². The summed E-state index contributed by atoms with van der Waals surface area (Å²) >= 11 is 0. The van der Waals surface area contributed by atoms with Gasteiger partial charge in [0.2, 0.25) is 0 Å². The molecule has 3 aromatic carbocycles. The van der Waals surface area contributed by atoms with E-state index >= 15 is 0 Å². The van der Waals surface area contributed by atoms with Gasteiger partial charge in [-0.15, -0.1) is 0 Å². The highest BCUT2D eigenvalue weighted by Crippen LogP contribution is 2.30. The number of benzene rings is 3. The molecule has 5 rings (SSSR count). The molecule has 32 heavy (non-hydrogen) atoms. The molecule has 4 aromatic rings. The van der Waals surface area contributed by atoms with Crippen molar-refractivity contribution in [3.05, 3.63) is 107 Å². The van der Waals surface area contributed by atoms with Crippen LogP contribution in [-0.4, -0.2) is 16.4 Å². The summed E-state index contributed by atoms with van der Waals surface area (Å²) in [6, 6.07) is 23.4. The summed E-state index contributed by atoms with van der Waals surface area (Å²) in [6.45, 7) is 2.26. The molecule has 1 aliphatic heterocycles. The van der Waals surface area contributed by atoms with Gasteiger partial charge in [-0.3, -0.25) is 15.0 Å². The van der Waals surface area contributed by atoms with E-state index in [1.807, 2.05) is 47.9 Å². The number of carbonyl (C=O) groups is 2. The van der Waals surface area contributed by atoms with Gasteiger partial charge in [0.15, 0.2) is 0 Å². The predicted molar refractivity (Wildman–Crippen MR) is 122 cm³/mol. The maximum absolute atomic E-state index is 14.3. The number of halogens is 1. The van der Waals surface area contributed by atoms with Crippen LogP contribution in [0.2, 0.25) is 0 Å². The monoisotopic (exact) mass is 425 g/mol. The predicted octanol–water partition coefficient (Wildman–Crippen LogP) is 4.60. The molecule has 2 heterocycles. The van der Waals surface area contributed by atoms with E-state index in [1.165, 1.54) is 11.1 Å². The second kappa shape index (κ2) is 7.81. The number of nitrogens with one attached hydrogen (secondary N) is 1. The van der Waals surface area contributed by atoms with Crippen LogP contribution < -0.4 is 10.4 Å². The first-order chi connectivity index (χ1) is 15.5. The van der Waals surface area contributed by atoms with Crippen LogP contribution in [0.3, 0.4) is 0 Å². The summed E-state index contributed by atoms with van der Waals surface area (Å²) in [4.78, 5) is 25.7. The first kappa shape index (κ1) is 19.8. The number of carbonyl (C=O) groups excluding carboxylic acids is 2. The number of nitrogens with zero attached hydrogens (tertiary/aromatic N) is 2. The van der Waals surface area contributed by atoms with Crippen molar-refractivity contribution in [2.45, 2.75) is 13.5 Å². The average molecular weight is 425 g/mol. The number of hydrazine groups is 1. The van der Waals surface area contributed by atoms with Crippen LogP contribution in [0.5, 0.6) is 0 Å². The van der Waals surface area contributed by atoms with Crippen LogP contribution in [0.1, 0.15) is 16.8 Å². The van der Waals surface area contributed by atoms with Crippen molar-refractivity contribution in [1.82, 2.24) is 9.99 Å².